The summed E-state index contributed by atoms with van der Waals surface area (Å²) in [5.41, 5.74) is 1.48. The van der Waals surface area contributed by atoms with Gasteiger partial charge < -0.3 is 9.73 Å². The molecular weight excluding hydrogens is 420 g/mol. The minimum Gasteiger partial charge on any atom is -0.467 e. The van der Waals surface area contributed by atoms with Crippen LogP contribution in [0.3, 0.4) is 0 Å². The van der Waals surface area contributed by atoms with E-state index in [1.807, 2.05) is 32.9 Å². The number of hydrogen-bond acceptors (Lipinski definition) is 7. The standard InChI is InChI=1S/C21H20N4O3S2/c1-12(2)25-20(27)16(30-21(25)29)9-15-18(22-10-14-5-4-8-28-14)23-17-7-6-13(3)11-24(17)19(15)26/h4-9,11-12,22H,10H2,1-3H3/b16-9+. The molecule has 4 heterocycles. The van der Waals surface area contributed by atoms with Crippen LogP contribution in [-0.4, -0.2) is 30.6 Å². The summed E-state index contributed by atoms with van der Waals surface area (Å²) in [4.78, 5) is 32.7. The van der Waals surface area contributed by atoms with Gasteiger partial charge >= 0.3 is 0 Å². The molecule has 1 N–H and O–H groups in total. The van der Waals surface area contributed by atoms with E-state index in [4.69, 9.17) is 16.6 Å². The van der Waals surface area contributed by atoms with E-state index >= 15 is 0 Å². The predicted molar refractivity (Wildman–Crippen MR) is 122 cm³/mol. The van der Waals surface area contributed by atoms with Crippen LogP contribution in [0.4, 0.5) is 5.82 Å². The van der Waals surface area contributed by atoms with Crippen LogP contribution >= 0.6 is 24.0 Å². The molecule has 0 atom stereocenters. The number of hydrogen-bond donors (Lipinski definition) is 1. The van der Waals surface area contributed by atoms with Gasteiger partial charge in [0.25, 0.3) is 11.5 Å². The van der Waals surface area contributed by atoms with Gasteiger partial charge in [0.1, 0.15) is 21.5 Å². The number of fused-ring (bicyclic) bond motifs is 1. The van der Waals surface area contributed by atoms with Crippen molar-refractivity contribution >= 4 is 51.7 Å². The van der Waals surface area contributed by atoms with Crippen LogP contribution < -0.4 is 10.9 Å². The van der Waals surface area contributed by atoms with E-state index in [0.717, 1.165) is 5.56 Å². The molecule has 0 aliphatic carbocycles. The van der Waals surface area contributed by atoms with Crippen molar-refractivity contribution in [2.45, 2.75) is 33.4 Å². The lowest BCUT2D eigenvalue weighted by Gasteiger charge is -2.18. The summed E-state index contributed by atoms with van der Waals surface area (Å²) < 4.78 is 7.33. The van der Waals surface area contributed by atoms with Crippen molar-refractivity contribution in [3.05, 3.63) is 68.9 Å². The third-order valence-corrected chi connectivity index (χ3v) is 5.96. The van der Waals surface area contributed by atoms with Crippen molar-refractivity contribution in [2.75, 3.05) is 5.32 Å². The van der Waals surface area contributed by atoms with E-state index in [0.29, 0.717) is 38.6 Å². The number of thiocarbonyl (C=S) groups is 1. The molecule has 0 bridgehead atoms. The average molecular weight is 441 g/mol. The largest absolute Gasteiger partial charge is 0.467 e. The van der Waals surface area contributed by atoms with Crippen molar-refractivity contribution in [2.24, 2.45) is 0 Å². The first kappa shape index (κ1) is 20.4. The Morgan fingerprint density at radius 1 is 1.30 bits per heavy atom. The second kappa shape index (κ2) is 8.08. The molecule has 154 valence electrons. The molecule has 4 rings (SSSR count). The molecule has 0 unspecified atom stereocenters. The number of nitrogens with zero attached hydrogens (tertiary/aromatic N) is 3. The lowest BCUT2D eigenvalue weighted by molar-refractivity contribution is -0.123. The van der Waals surface area contributed by atoms with Gasteiger partial charge in [-0.05, 0) is 50.6 Å². The van der Waals surface area contributed by atoms with E-state index in [2.05, 4.69) is 10.3 Å². The highest BCUT2D eigenvalue weighted by atomic mass is 32.2. The van der Waals surface area contributed by atoms with Gasteiger partial charge in [0.2, 0.25) is 0 Å². The van der Waals surface area contributed by atoms with Crippen LogP contribution in [0.2, 0.25) is 0 Å². The number of aromatic nitrogens is 2. The fourth-order valence-electron chi connectivity index (χ4n) is 3.16. The second-order valence-electron chi connectivity index (χ2n) is 7.19. The maximum absolute atomic E-state index is 13.3. The normalized spacial score (nSPS) is 15.7. The molecule has 7 nitrogen and oxygen atoms in total. The van der Waals surface area contributed by atoms with Crippen molar-refractivity contribution in [3.8, 4) is 0 Å². The zero-order valence-electron chi connectivity index (χ0n) is 16.7. The summed E-state index contributed by atoms with van der Waals surface area (Å²) in [6.07, 6.45) is 4.90. The summed E-state index contributed by atoms with van der Waals surface area (Å²) in [5.74, 6) is 0.888. The van der Waals surface area contributed by atoms with E-state index < -0.39 is 0 Å². The van der Waals surface area contributed by atoms with Crippen LogP contribution in [0.25, 0.3) is 11.7 Å². The summed E-state index contributed by atoms with van der Waals surface area (Å²) in [6.45, 7) is 6.07. The highest BCUT2D eigenvalue weighted by Gasteiger charge is 2.34. The van der Waals surface area contributed by atoms with E-state index in [1.54, 1.807) is 35.6 Å². The van der Waals surface area contributed by atoms with Crippen LogP contribution in [0.1, 0.15) is 30.7 Å². The third kappa shape index (κ3) is 3.78. The Balaban J connectivity index is 1.83. The molecule has 1 aliphatic rings. The second-order valence-corrected chi connectivity index (χ2v) is 8.87. The first-order chi connectivity index (χ1) is 14.3. The van der Waals surface area contributed by atoms with Gasteiger partial charge in [-0.3, -0.25) is 18.9 Å². The topological polar surface area (TPSA) is 79.8 Å². The summed E-state index contributed by atoms with van der Waals surface area (Å²) >= 11 is 6.55. The lowest BCUT2D eigenvalue weighted by Crippen LogP contribution is -2.34. The summed E-state index contributed by atoms with van der Waals surface area (Å²) in [5, 5.41) is 3.17. The third-order valence-electron chi connectivity index (χ3n) is 4.63. The van der Waals surface area contributed by atoms with Crippen molar-refractivity contribution < 1.29 is 9.21 Å². The number of nitrogens with one attached hydrogen (secondary N) is 1. The van der Waals surface area contributed by atoms with Gasteiger partial charge in [0.05, 0.1) is 23.3 Å². The van der Waals surface area contributed by atoms with Gasteiger partial charge in [-0.25, -0.2) is 4.98 Å². The van der Waals surface area contributed by atoms with Gasteiger partial charge in [0, 0.05) is 12.2 Å². The molecular formula is C21H20N4O3S2. The molecule has 0 spiro atoms. The Bertz CT molecular complexity index is 1230. The molecule has 3 aromatic heterocycles. The Labute approximate surface area is 182 Å². The minimum absolute atomic E-state index is 0.0570. The number of thioether (sulfide) groups is 1. The first-order valence-corrected chi connectivity index (χ1v) is 10.6. The van der Waals surface area contributed by atoms with E-state index in [1.165, 1.54) is 16.2 Å². The molecule has 1 saturated heterocycles. The average Bonchev–Trinajstić information content (AvgIpc) is 3.31. The SMILES string of the molecule is Cc1ccc2nc(NCc3ccco3)c(/C=C3/SC(=S)N(C(C)C)C3=O)c(=O)n2c1. The summed E-state index contributed by atoms with van der Waals surface area (Å²) in [6, 6.07) is 7.25. The van der Waals surface area contributed by atoms with Crippen molar-refractivity contribution in [1.29, 1.82) is 0 Å². The van der Waals surface area contributed by atoms with E-state index in [-0.39, 0.29) is 17.5 Å². The molecule has 30 heavy (non-hydrogen) atoms. The lowest BCUT2D eigenvalue weighted by atomic mass is 10.2. The highest BCUT2D eigenvalue weighted by molar-refractivity contribution is 8.26. The van der Waals surface area contributed by atoms with Gasteiger partial charge in [-0.2, -0.15) is 0 Å². The van der Waals surface area contributed by atoms with Crippen molar-refractivity contribution in [3.63, 3.8) is 0 Å². The summed E-state index contributed by atoms with van der Waals surface area (Å²) in [7, 11) is 0. The molecule has 1 fully saturated rings. The number of aryl methyl sites for hydroxylation is 1. The minimum atomic E-state index is -0.263. The molecule has 0 radical (unpaired) electrons. The number of pyridine rings is 1. The number of amides is 1. The number of anilines is 1. The Morgan fingerprint density at radius 2 is 2.10 bits per heavy atom. The zero-order valence-corrected chi connectivity index (χ0v) is 18.3. The maximum Gasteiger partial charge on any atom is 0.267 e. The smallest absolute Gasteiger partial charge is 0.267 e. The molecule has 3 aromatic rings. The fourth-order valence-corrected chi connectivity index (χ4v) is 4.67. The predicted octanol–water partition coefficient (Wildman–Crippen LogP) is 3.82. The molecule has 0 aromatic carbocycles. The first-order valence-electron chi connectivity index (χ1n) is 9.41. The molecule has 9 heteroatoms. The van der Waals surface area contributed by atoms with Gasteiger partial charge in [0.15, 0.2) is 0 Å². The van der Waals surface area contributed by atoms with Gasteiger partial charge in [-0.15, -0.1) is 0 Å². The van der Waals surface area contributed by atoms with E-state index in [9.17, 15) is 9.59 Å². The molecule has 1 amide bonds. The number of carbonyl (C=O) groups excluding carboxylic acids is 1. The fraction of sp³-hybridized carbons (Fsp3) is 0.238. The van der Waals surface area contributed by atoms with Crippen LogP contribution in [0, 0.1) is 6.92 Å². The monoisotopic (exact) mass is 440 g/mol. The van der Waals surface area contributed by atoms with Gasteiger partial charge in [-0.1, -0.05) is 30.0 Å². The molecule has 0 saturated carbocycles. The Morgan fingerprint density at radius 3 is 2.77 bits per heavy atom. The van der Waals surface area contributed by atoms with Crippen LogP contribution in [0.5, 0.6) is 0 Å². The number of furan rings is 1. The van der Waals surface area contributed by atoms with Crippen molar-refractivity contribution in [1.82, 2.24) is 14.3 Å². The molecule has 1 aliphatic heterocycles. The quantitative estimate of drug-likeness (QED) is 0.477. The highest BCUT2D eigenvalue weighted by Crippen LogP contribution is 2.34. The number of rotatable bonds is 5. The van der Waals surface area contributed by atoms with Crippen LogP contribution in [0.15, 0.2) is 50.8 Å². The number of carbonyl (C=O) groups is 1. The Hall–Kier alpha value is -2.91. The zero-order chi connectivity index (χ0) is 21.4. The maximum atomic E-state index is 13.3. The Kier molecular flexibility index (Phi) is 5.48. The van der Waals surface area contributed by atoms with Crippen LogP contribution in [-0.2, 0) is 11.3 Å².